The molecule has 0 N–H and O–H groups in total. The van der Waals surface area contributed by atoms with Gasteiger partial charge in [-0.1, -0.05) is 13.8 Å². The maximum absolute atomic E-state index is 12.2. The van der Waals surface area contributed by atoms with Crippen molar-refractivity contribution >= 4 is 17.4 Å². The van der Waals surface area contributed by atoms with Crippen LogP contribution in [0.25, 0.3) is 0 Å². The van der Waals surface area contributed by atoms with Gasteiger partial charge in [0.2, 0.25) is 11.7 Å². The van der Waals surface area contributed by atoms with Gasteiger partial charge in [0.15, 0.2) is 0 Å². The third kappa shape index (κ3) is 3.29. The second-order valence-electron chi connectivity index (χ2n) is 5.71. The maximum Gasteiger partial charge on any atom is 0.314 e. The number of amides is 1. The van der Waals surface area contributed by atoms with Gasteiger partial charge in [0.05, 0.1) is 11.5 Å². The Morgan fingerprint density at radius 1 is 1.43 bits per heavy atom. The molecule has 2 rings (SSSR count). The van der Waals surface area contributed by atoms with Crippen molar-refractivity contribution in [3.63, 3.8) is 0 Å². The zero-order valence-corrected chi connectivity index (χ0v) is 12.6. The molecule has 0 spiro atoms. The van der Waals surface area contributed by atoms with Gasteiger partial charge in [-0.25, -0.2) is 4.98 Å². The molecule has 21 heavy (non-hydrogen) atoms. The second-order valence-corrected chi connectivity index (χ2v) is 5.71. The lowest BCUT2D eigenvalue weighted by atomic mass is 10.1. The third-order valence-electron chi connectivity index (χ3n) is 3.49. The molecule has 7 heteroatoms. The number of hydrogen-bond donors (Lipinski definition) is 0. The van der Waals surface area contributed by atoms with Crippen molar-refractivity contribution in [2.45, 2.75) is 20.8 Å². The fourth-order valence-corrected chi connectivity index (χ4v) is 2.52. The van der Waals surface area contributed by atoms with Crippen LogP contribution < -0.4 is 4.90 Å². The van der Waals surface area contributed by atoms with Crippen LogP contribution in [0, 0.1) is 23.0 Å². The molecular formula is C14H20N4O3. The molecule has 1 amide bonds. The molecule has 1 aliphatic heterocycles. The lowest BCUT2D eigenvalue weighted by molar-refractivity contribution is -0.384. The van der Waals surface area contributed by atoms with E-state index in [1.54, 1.807) is 24.1 Å². The maximum atomic E-state index is 12.2. The van der Waals surface area contributed by atoms with Gasteiger partial charge in [-0.15, -0.1) is 0 Å². The van der Waals surface area contributed by atoms with Crippen LogP contribution in [-0.4, -0.2) is 46.9 Å². The highest BCUT2D eigenvalue weighted by atomic mass is 16.6. The van der Waals surface area contributed by atoms with Crippen LogP contribution in [0.2, 0.25) is 0 Å². The Labute approximate surface area is 123 Å². The largest absolute Gasteiger partial charge is 0.340 e. The summed E-state index contributed by atoms with van der Waals surface area (Å²) in [6.45, 7) is 7.80. The van der Waals surface area contributed by atoms with E-state index in [0.717, 1.165) is 6.54 Å². The topological polar surface area (TPSA) is 79.6 Å². The summed E-state index contributed by atoms with van der Waals surface area (Å²) in [7, 11) is 0. The van der Waals surface area contributed by atoms with Crippen molar-refractivity contribution < 1.29 is 9.72 Å². The monoisotopic (exact) mass is 292 g/mol. The molecule has 0 unspecified atom stereocenters. The Kier molecular flexibility index (Phi) is 4.40. The van der Waals surface area contributed by atoms with Crippen LogP contribution in [0.1, 0.15) is 19.4 Å². The number of carbonyl (C=O) groups excluding carboxylic acids is 1. The van der Waals surface area contributed by atoms with Crippen LogP contribution in [0.15, 0.2) is 12.3 Å². The predicted molar refractivity (Wildman–Crippen MR) is 79.3 cm³/mol. The summed E-state index contributed by atoms with van der Waals surface area (Å²) in [5.74, 6) is 0.692. The first-order chi connectivity index (χ1) is 9.90. The van der Waals surface area contributed by atoms with Crippen LogP contribution in [-0.2, 0) is 4.79 Å². The lowest BCUT2D eigenvalue weighted by Crippen LogP contribution is -2.51. The normalized spacial score (nSPS) is 15.7. The number of nitro groups is 1. The second kappa shape index (κ2) is 6.07. The standard InChI is InChI=1S/C14H20N4O3/c1-10(2)8-16-6-7-17(9-12(16)19)14-13(18(20)21)11(3)4-5-15-14/h4-5,10H,6-9H2,1-3H3. The van der Waals surface area contributed by atoms with Crippen molar-refractivity contribution in [1.82, 2.24) is 9.88 Å². The molecule has 0 aromatic carbocycles. The van der Waals surface area contributed by atoms with E-state index < -0.39 is 4.92 Å². The molecule has 114 valence electrons. The molecule has 1 aromatic rings. The first-order valence-electron chi connectivity index (χ1n) is 7.03. The summed E-state index contributed by atoms with van der Waals surface area (Å²) < 4.78 is 0. The van der Waals surface area contributed by atoms with Crippen molar-refractivity contribution in [3.8, 4) is 0 Å². The van der Waals surface area contributed by atoms with E-state index in [9.17, 15) is 14.9 Å². The Morgan fingerprint density at radius 3 is 2.71 bits per heavy atom. The summed E-state index contributed by atoms with van der Waals surface area (Å²) in [5.41, 5.74) is 0.546. The van der Waals surface area contributed by atoms with E-state index in [0.29, 0.717) is 24.6 Å². The fourth-order valence-electron chi connectivity index (χ4n) is 2.52. The van der Waals surface area contributed by atoms with Crippen LogP contribution in [0.4, 0.5) is 11.5 Å². The SMILES string of the molecule is Cc1ccnc(N2CCN(CC(C)C)C(=O)C2)c1[N+](=O)[O-]. The van der Waals surface area contributed by atoms with Gasteiger partial charge in [-0.3, -0.25) is 14.9 Å². The predicted octanol–water partition coefficient (Wildman–Crippen LogP) is 1.60. The number of anilines is 1. The van der Waals surface area contributed by atoms with Gasteiger partial charge in [-0.05, 0) is 18.9 Å². The smallest absolute Gasteiger partial charge is 0.314 e. The number of piperazine rings is 1. The molecule has 0 radical (unpaired) electrons. The Hall–Kier alpha value is -2.18. The molecular weight excluding hydrogens is 272 g/mol. The highest BCUT2D eigenvalue weighted by molar-refractivity contribution is 5.83. The third-order valence-corrected chi connectivity index (χ3v) is 3.49. The zero-order chi connectivity index (χ0) is 15.6. The fraction of sp³-hybridized carbons (Fsp3) is 0.571. The minimum atomic E-state index is -0.428. The molecule has 1 aliphatic rings. The van der Waals surface area contributed by atoms with E-state index in [-0.39, 0.29) is 24.0 Å². The lowest BCUT2D eigenvalue weighted by Gasteiger charge is -2.35. The number of rotatable bonds is 4. The van der Waals surface area contributed by atoms with Crippen LogP contribution in [0.3, 0.4) is 0 Å². The molecule has 0 saturated carbocycles. The van der Waals surface area contributed by atoms with E-state index in [1.165, 1.54) is 0 Å². The number of hydrogen-bond acceptors (Lipinski definition) is 5. The molecule has 2 heterocycles. The van der Waals surface area contributed by atoms with Crippen molar-refractivity contribution in [1.29, 1.82) is 0 Å². The van der Waals surface area contributed by atoms with E-state index in [1.807, 2.05) is 4.90 Å². The molecule has 1 saturated heterocycles. The quantitative estimate of drug-likeness (QED) is 0.622. The van der Waals surface area contributed by atoms with E-state index in [4.69, 9.17) is 0 Å². The highest BCUT2D eigenvalue weighted by Crippen LogP contribution is 2.29. The molecule has 7 nitrogen and oxygen atoms in total. The Bertz CT molecular complexity index is 559. The van der Waals surface area contributed by atoms with Crippen LogP contribution >= 0.6 is 0 Å². The minimum Gasteiger partial charge on any atom is -0.340 e. The van der Waals surface area contributed by atoms with Gasteiger partial charge in [-0.2, -0.15) is 0 Å². The molecule has 1 aromatic heterocycles. The summed E-state index contributed by atoms with van der Waals surface area (Å²) in [6.07, 6.45) is 1.54. The molecule has 1 fully saturated rings. The number of nitrogens with zero attached hydrogens (tertiary/aromatic N) is 4. The first-order valence-corrected chi connectivity index (χ1v) is 7.03. The van der Waals surface area contributed by atoms with Gasteiger partial charge in [0.25, 0.3) is 0 Å². The number of aryl methyl sites for hydroxylation is 1. The molecule has 0 aliphatic carbocycles. The van der Waals surface area contributed by atoms with Gasteiger partial charge < -0.3 is 9.80 Å². The van der Waals surface area contributed by atoms with E-state index in [2.05, 4.69) is 18.8 Å². The highest BCUT2D eigenvalue weighted by Gasteiger charge is 2.30. The average Bonchev–Trinajstić information content (AvgIpc) is 2.40. The Balaban J connectivity index is 2.21. The number of aromatic nitrogens is 1. The van der Waals surface area contributed by atoms with Gasteiger partial charge in [0, 0.05) is 31.4 Å². The van der Waals surface area contributed by atoms with Crippen molar-refractivity contribution in [2.24, 2.45) is 5.92 Å². The zero-order valence-electron chi connectivity index (χ0n) is 12.6. The van der Waals surface area contributed by atoms with Gasteiger partial charge in [0.1, 0.15) is 0 Å². The minimum absolute atomic E-state index is 0.00689. The number of carbonyl (C=O) groups is 1. The van der Waals surface area contributed by atoms with E-state index >= 15 is 0 Å². The van der Waals surface area contributed by atoms with Crippen molar-refractivity contribution in [2.75, 3.05) is 31.1 Å². The van der Waals surface area contributed by atoms with Crippen LogP contribution in [0.5, 0.6) is 0 Å². The number of pyridine rings is 1. The van der Waals surface area contributed by atoms with Gasteiger partial charge >= 0.3 is 5.69 Å². The summed E-state index contributed by atoms with van der Waals surface area (Å²) in [4.78, 5) is 30.6. The molecule has 0 atom stereocenters. The Morgan fingerprint density at radius 2 is 2.14 bits per heavy atom. The molecule has 0 bridgehead atoms. The summed E-state index contributed by atoms with van der Waals surface area (Å²) in [6, 6.07) is 1.61. The summed E-state index contributed by atoms with van der Waals surface area (Å²) >= 11 is 0. The van der Waals surface area contributed by atoms with Crippen molar-refractivity contribution in [3.05, 3.63) is 27.9 Å². The first kappa shape index (κ1) is 15.2. The summed E-state index contributed by atoms with van der Waals surface area (Å²) in [5, 5.41) is 11.2. The average molecular weight is 292 g/mol.